The third-order valence-electron chi connectivity index (χ3n) is 3.14. The number of ether oxygens (including phenoxy) is 2. The van der Waals surface area contributed by atoms with Gasteiger partial charge in [0.05, 0.1) is 6.42 Å². The summed E-state index contributed by atoms with van der Waals surface area (Å²) in [4.78, 5) is 23.3. The lowest BCUT2D eigenvalue weighted by Crippen LogP contribution is -2.23. The standard InChI is InChI=1S/C18H16F2O5/c1-11(7-16(22)24-10-18(2,19)20)17(23)25-15-6-4-12-8-14(21)5-3-13(12)9-15/h3-6,8-9,21H,1,7,10H2,2H3. The molecular formula is C18H16F2O5. The van der Waals surface area contributed by atoms with Crippen LogP contribution in [0.3, 0.4) is 0 Å². The number of hydrogen-bond donors (Lipinski definition) is 1. The number of phenols is 1. The van der Waals surface area contributed by atoms with E-state index in [9.17, 15) is 23.5 Å². The Labute approximate surface area is 142 Å². The van der Waals surface area contributed by atoms with Crippen LogP contribution in [0.5, 0.6) is 11.5 Å². The van der Waals surface area contributed by atoms with Gasteiger partial charge in [-0.15, -0.1) is 0 Å². The van der Waals surface area contributed by atoms with E-state index in [1.807, 2.05) is 0 Å². The molecule has 0 amide bonds. The molecule has 0 bridgehead atoms. The Hall–Kier alpha value is -2.96. The molecule has 0 atom stereocenters. The number of carbonyl (C=O) groups excluding carboxylic acids is 2. The maximum absolute atomic E-state index is 12.6. The molecule has 0 fully saturated rings. The van der Waals surface area contributed by atoms with E-state index >= 15 is 0 Å². The second kappa shape index (κ2) is 7.29. The van der Waals surface area contributed by atoms with Crippen molar-refractivity contribution in [3.63, 3.8) is 0 Å². The summed E-state index contributed by atoms with van der Waals surface area (Å²) in [5.74, 6) is -4.66. The van der Waals surface area contributed by atoms with Gasteiger partial charge in [0.2, 0.25) is 0 Å². The van der Waals surface area contributed by atoms with Gasteiger partial charge < -0.3 is 14.6 Å². The number of alkyl halides is 2. The number of phenolic OH excluding ortho intramolecular Hbond substituents is 1. The summed E-state index contributed by atoms with van der Waals surface area (Å²) < 4.78 is 34.7. The Kier molecular flexibility index (Phi) is 5.36. The highest BCUT2D eigenvalue weighted by atomic mass is 19.3. The number of esters is 2. The molecule has 0 aliphatic heterocycles. The van der Waals surface area contributed by atoms with Crippen molar-refractivity contribution in [1.82, 2.24) is 0 Å². The maximum atomic E-state index is 12.6. The van der Waals surface area contributed by atoms with E-state index in [-0.39, 0.29) is 17.1 Å². The molecule has 2 rings (SSSR count). The van der Waals surface area contributed by atoms with E-state index in [1.165, 1.54) is 12.1 Å². The van der Waals surface area contributed by atoms with Crippen LogP contribution in [-0.4, -0.2) is 29.6 Å². The van der Waals surface area contributed by atoms with Crippen LogP contribution < -0.4 is 4.74 Å². The molecule has 0 aliphatic carbocycles. The monoisotopic (exact) mass is 350 g/mol. The van der Waals surface area contributed by atoms with Crippen molar-refractivity contribution in [2.75, 3.05) is 6.61 Å². The molecule has 2 aromatic rings. The smallest absolute Gasteiger partial charge is 0.339 e. The molecular weight excluding hydrogens is 334 g/mol. The normalized spacial score (nSPS) is 11.2. The van der Waals surface area contributed by atoms with E-state index in [4.69, 9.17) is 4.74 Å². The first kappa shape index (κ1) is 18.4. The van der Waals surface area contributed by atoms with E-state index in [0.717, 1.165) is 10.8 Å². The maximum Gasteiger partial charge on any atom is 0.339 e. The summed E-state index contributed by atoms with van der Waals surface area (Å²) in [6.07, 6.45) is -0.545. The molecule has 0 aliphatic rings. The summed E-state index contributed by atoms with van der Waals surface area (Å²) in [5.41, 5.74) is -0.213. The van der Waals surface area contributed by atoms with Crippen LogP contribution >= 0.6 is 0 Å². The van der Waals surface area contributed by atoms with Gasteiger partial charge in [-0.1, -0.05) is 18.7 Å². The summed E-state index contributed by atoms with van der Waals surface area (Å²) in [6, 6.07) is 9.45. The average molecular weight is 350 g/mol. The van der Waals surface area contributed by atoms with E-state index in [1.54, 1.807) is 24.3 Å². The minimum Gasteiger partial charge on any atom is -0.508 e. The molecule has 132 valence electrons. The summed E-state index contributed by atoms with van der Waals surface area (Å²) in [5, 5.41) is 10.9. The molecule has 2 aromatic carbocycles. The highest BCUT2D eigenvalue weighted by Crippen LogP contribution is 2.25. The minimum atomic E-state index is -3.14. The average Bonchev–Trinajstić information content (AvgIpc) is 2.52. The number of hydrogen-bond acceptors (Lipinski definition) is 5. The van der Waals surface area contributed by atoms with Crippen LogP contribution in [0.4, 0.5) is 8.78 Å². The van der Waals surface area contributed by atoms with Crippen molar-refractivity contribution < 1.29 is 33.0 Å². The van der Waals surface area contributed by atoms with Crippen molar-refractivity contribution in [3.8, 4) is 11.5 Å². The van der Waals surface area contributed by atoms with Gasteiger partial charge in [-0.2, -0.15) is 0 Å². The number of benzene rings is 2. The summed E-state index contributed by atoms with van der Waals surface area (Å²) in [7, 11) is 0. The van der Waals surface area contributed by atoms with Crippen molar-refractivity contribution in [1.29, 1.82) is 0 Å². The highest BCUT2D eigenvalue weighted by Gasteiger charge is 2.24. The Morgan fingerprint density at radius 1 is 1.16 bits per heavy atom. The largest absolute Gasteiger partial charge is 0.508 e. The topological polar surface area (TPSA) is 72.8 Å². The first-order valence-corrected chi connectivity index (χ1v) is 7.30. The zero-order valence-corrected chi connectivity index (χ0v) is 13.4. The molecule has 1 N–H and O–H groups in total. The lowest BCUT2D eigenvalue weighted by molar-refractivity contribution is -0.153. The predicted molar refractivity (Wildman–Crippen MR) is 86.6 cm³/mol. The first-order chi connectivity index (χ1) is 11.6. The Morgan fingerprint density at radius 3 is 2.48 bits per heavy atom. The fourth-order valence-electron chi connectivity index (χ4n) is 1.96. The number of fused-ring (bicyclic) bond motifs is 1. The number of halogens is 2. The zero-order valence-electron chi connectivity index (χ0n) is 13.4. The van der Waals surface area contributed by atoms with Gasteiger partial charge in [-0.05, 0) is 35.0 Å². The van der Waals surface area contributed by atoms with Crippen LogP contribution in [-0.2, 0) is 14.3 Å². The Bertz CT molecular complexity index is 824. The predicted octanol–water partition coefficient (Wildman–Crippen LogP) is 3.60. The third-order valence-corrected chi connectivity index (χ3v) is 3.14. The van der Waals surface area contributed by atoms with Crippen LogP contribution in [0.1, 0.15) is 13.3 Å². The zero-order chi connectivity index (χ0) is 18.6. The molecule has 0 radical (unpaired) electrons. The van der Waals surface area contributed by atoms with Gasteiger partial charge in [0.25, 0.3) is 5.92 Å². The number of aromatic hydroxyl groups is 1. The molecule has 0 saturated carbocycles. The van der Waals surface area contributed by atoms with Crippen molar-refractivity contribution in [2.24, 2.45) is 0 Å². The Morgan fingerprint density at radius 2 is 1.80 bits per heavy atom. The second-order valence-electron chi connectivity index (χ2n) is 5.59. The first-order valence-electron chi connectivity index (χ1n) is 7.30. The lowest BCUT2D eigenvalue weighted by atomic mass is 10.1. The van der Waals surface area contributed by atoms with Crippen LogP contribution in [0, 0.1) is 0 Å². The number of carbonyl (C=O) groups is 2. The molecule has 0 aromatic heterocycles. The van der Waals surface area contributed by atoms with Gasteiger partial charge in [-0.3, -0.25) is 4.79 Å². The molecule has 0 heterocycles. The van der Waals surface area contributed by atoms with E-state index < -0.39 is 30.9 Å². The van der Waals surface area contributed by atoms with Crippen molar-refractivity contribution >= 4 is 22.7 Å². The van der Waals surface area contributed by atoms with E-state index in [2.05, 4.69) is 11.3 Å². The molecule has 7 heteroatoms. The fourth-order valence-corrected chi connectivity index (χ4v) is 1.96. The molecule has 25 heavy (non-hydrogen) atoms. The lowest BCUT2D eigenvalue weighted by Gasteiger charge is -2.11. The number of rotatable bonds is 6. The van der Waals surface area contributed by atoms with Crippen molar-refractivity contribution in [2.45, 2.75) is 19.3 Å². The molecule has 0 spiro atoms. The van der Waals surface area contributed by atoms with Crippen molar-refractivity contribution in [3.05, 3.63) is 48.6 Å². The molecule has 5 nitrogen and oxygen atoms in total. The second-order valence-corrected chi connectivity index (χ2v) is 5.59. The van der Waals surface area contributed by atoms with Gasteiger partial charge in [0.1, 0.15) is 11.5 Å². The minimum absolute atomic E-state index is 0.113. The van der Waals surface area contributed by atoms with Crippen LogP contribution in [0.25, 0.3) is 10.8 Å². The summed E-state index contributed by atoms with van der Waals surface area (Å²) >= 11 is 0. The van der Waals surface area contributed by atoms with Crippen LogP contribution in [0.2, 0.25) is 0 Å². The third kappa shape index (κ3) is 5.56. The van der Waals surface area contributed by atoms with Crippen LogP contribution in [0.15, 0.2) is 48.6 Å². The van der Waals surface area contributed by atoms with Gasteiger partial charge in [-0.25, -0.2) is 13.6 Å². The quantitative estimate of drug-likeness (QED) is 0.490. The van der Waals surface area contributed by atoms with Gasteiger partial charge in [0.15, 0.2) is 6.61 Å². The molecule has 0 unspecified atom stereocenters. The van der Waals surface area contributed by atoms with Gasteiger partial charge >= 0.3 is 11.9 Å². The fraction of sp³-hybridized carbons (Fsp3) is 0.222. The van der Waals surface area contributed by atoms with Gasteiger partial charge in [0, 0.05) is 12.5 Å². The van der Waals surface area contributed by atoms with E-state index in [0.29, 0.717) is 6.92 Å². The molecule has 0 saturated heterocycles. The SMILES string of the molecule is C=C(CC(=O)OCC(C)(F)F)C(=O)Oc1ccc2cc(O)ccc2c1. The summed E-state index contributed by atoms with van der Waals surface area (Å²) in [6.45, 7) is 2.96. The Balaban J connectivity index is 1.95. The highest BCUT2D eigenvalue weighted by molar-refractivity contribution is 5.95.